The van der Waals surface area contributed by atoms with Gasteiger partial charge in [-0.3, -0.25) is 0 Å². The number of pyridine rings is 1. The molecule has 0 aromatic carbocycles. The van der Waals surface area contributed by atoms with Gasteiger partial charge in [-0.25, -0.2) is 4.98 Å². The monoisotopic (exact) mass is 222 g/mol. The lowest BCUT2D eigenvalue weighted by molar-refractivity contribution is 0.289. The molecule has 80 valence electrons. The van der Waals surface area contributed by atoms with Gasteiger partial charge in [0.25, 0.3) is 0 Å². The largest absolute Gasteiger partial charge is 0.396 e. The molecule has 1 rings (SSSR count). The lowest BCUT2D eigenvalue weighted by Gasteiger charge is -2.09. The van der Waals surface area contributed by atoms with Crippen molar-refractivity contribution in [1.29, 1.82) is 5.26 Å². The van der Waals surface area contributed by atoms with Crippen molar-refractivity contribution >= 4 is 11.8 Å². The standard InChI is InChI=1S/C11H14N2OS/c1-8-3-4-10(7-12)11(13-8)15-9(2)5-6-14/h3-4,9,14H,5-6H2,1-2H3. The highest BCUT2D eigenvalue weighted by Gasteiger charge is 2.09. The minimum atomic E-state index is 0.169. The number of hydrogen-bond donors (Lipinski definition) is 1. The van der Waals surface area contributed by atoms with Crippen molar-refractivity contribution in [3.8, 4) is 6.07 Å². The molecule has 3 nitrogen and oxygen atoms in total. The molecule has 15 heavy (non-hydrogen) atoms. The van der Waals surface area contributed by atoms with E-state index in [1.807, 2.05) is 19.9 Å². The molecule has 1 atom stereocenters. The highest BCUT2D eigenvalue weighted by atomic mass is 32.2. The van der Waals surface area contributed by atoms with E-state index >= 15 is 0 Å². The Morgan fingerprint density at radius 2 is 2.33 bits per heavy atom. The molecular formula is C11H14N2OS. The SMILES string of the molecule is Cc1ccc(C#N)c(SC(C)CCO)n1. The summed E-state index contributed by atoms with van der Waals surface area (Å²) in [7, 11) is 0. The second-order valence-corrected chi connectivity index (χ2v) is 4.79. The van der Waals surface area contributed by atoms with Crippen LogP contribution in [0.1, 0.15) is 24.6 Å². The molecule has 1 aromatic rings. The number of hydrogen-bond acceptors (Lipinski definition) is 4. The summed E-state index contributed by atoms with van der Waals surface area (Å²) in [5.41, 5.74) is 1.52. The molecular weight excluding hydrogens is 208 g/mol. The van der Waals surface area contributed by atoms with Crippen molar-refractivity contribution in [1.82, 2.24) is 4.98 Å². The Balaban J connectivity index is 2.83. The number of thioether (sulfide) groups is 1. The van der Waals surface area contributed by atoms with Gasteiger partial charge in [0.2, 0.25) is 0 Å². The summed E-state index contributed by atoms with van der Waals surface area (Å²) < 4.78 is 0. The summed E-state index contributed by atoms with van der Waals surface area (Å²) in [6.07, 6.45) is 0.713. The van der Waals surface area contributed by atoms with Crippen molar-refractivity contribution in [3.63, 3.8) is 0 Å². The summed E-state index contributed by atoms with van der Waals surface area (Å²) in [5.74, 6) is 0. The molecule has 0 aliphatic heterocycles. The predicted octanol–water partition coefficient (Wildman–Crippen LogP) is 2.12. The summed E-state index contributed by atoms with van der Waals surface area (Å²) >= 11 is 1.54. The maximum absolute atomic E-state index is 8.90. The lowest BCUT2D eigenvalue weighted by atomic mass is 10.3. The van der Waals surface area contributed by atoms with Crippen LogP contribution in [-0.4, -0.2) is 21.9 Å². The van der Waals surface area contributed by atoms with Crippen LogP contribution < -0.4 is 0 Å². The molecule has 1 N–H and O–H groups in total. The van der Waals surface area contributed by atoms with E-state index in [0.29, 0.717) is 12.0 Å². The molecule has 4 heteroatoms. The third-order valence-electron chi connectivity index (χ3n) is 1.97. The first kappa shape index (κ1) is 12.0. The van der Waals surface area contributed by atoms with Crippen LogP contribution in [-0.2, 0) is 0 Å². The van der Waals surface area contributed by atoms with Gasteiger partial charge in [0.15, 0.2) is 0 Å². The van der Waals surface area contributed by atoms with E-state index in [1.54, 1.807) is 6.07 Å². The van der Waals surface area contributed by atoms with E-state index in [1.165, 1.54) is 11.8 Å². The van der Waals surface area contributed by atoms with Gasteiger partial charge in [-0.1, -0.05) is 6.92 Å². The number of aliphatic hydroxyl groups is 1. The quantitative estimate of drug-likeness (QED) is 0.793. The first-order chi connectivity index (χ1) is 7.17. The smallest absolute Gasteiger partial charge is 0.114 e. The third kappa shape index (κ3) is 3.54. The second-order valence-electron chi connectivity index (χ2n) is 3.36. The molecule has 0 aliphatic carbocycles. The normalized spacial score (nSPS) is 12.1. The maximum atomic E-state index is 8.90. The molecule has 0 saturated carbocycles. The average molecular weight is 222 g/mol. The van der Waals surface area contributed by atoms with Crippen LogP contribution >= 0.6 is 11.8 Å². The Morgan fingerprint density at radius 1 is 1.60 bits per heavy atom. The second kappa shape index (κ2) is 5.74. The fraction of sp³-hybridized carbons (Fsp3) is 0.455. The van der Waals surface area contributed by atoms with Crippen LogP contribution in [0.15, 0.2) is 17.2 Å². The van der Waals surface area contributed by atoms with Crippen molar-refractivity contribution in [2.24, 2.45) is 0 Å². The molecule has 1 unspecified atom stereocenters. The van der Waals surface area contributed by atoms with Crippen LogP contribution in [0.5, 0.6) is 0 Å². The van der Waals surface area contributed by atoms with E-state index in [2.05, 4.69) is 11.1 Å². The van der Waals surface area contributed by atoms with Crippen LogP contribution in [0.2, 0.25) is 0 Å². The molecule has 1 heterocycles. The predicted molar refractivity (Wildman–Crippen MR) is 60.7 cm³/mol. The molecule has 0 saturated heterocycles. The average Bonchev–Trinajstić information content (AvgIpc) is 2.18. The lowest BCUT2D eigenvalue weighted by Crippen LogP contribution is -2.01. The Bertz CT molecular complexity index is 373. The Hall–Kier alpha value is -1.05. The van der Waals surface area contributed by atoms with Gasteiger partial charge < -0.3 is 5.11 Å². The number of aromatic nitrogens is 1. The first-order valence-corrected chi connectivity index (χ1v) is 5.70. The first-order valence-electron chi connectivity index (χ1n) is 4.82. The molecule has 0 fully saturated rings. The molecule has 0 bridgehead atoms. The number of nitriles is 1. The Morgan fingerprint density at radius 3 is 2.93 bits per heavy atom. The van der Waals surface area contributed by atoms with E-state index in [-0.39, 0.29) is 11.9 Å². The Labute approximate surface area is 94.2 Å². The van der Waals surface area contributed by atoms with Gasteiger partial charge in [0, 0.05) is 17.6 Å². The van der Waals surface area contributed by atoms with Gasteiger partial charge in [-0.2, -0.15) is 5.26 Å². The molecule has 0 radical (unpaired) electrons. The van der Waals surface area contributed by atoms with Crippen molar-refractivity contribution in [2.45, 2.75) is 30.5 Å². The van der Waals surface area contributed by atoms with Gasteiger partial charge in [-0.15, -0.1) is 11.8 Å². The summed E-state index contributed by atoms with van der Waals surface area (Å²) in [4.78, 5) is 4.33. The minimum absolute atomic E-state index is 0.169. The summed E-state index contributed by atoms with van der Waals surface area (Å²) in [5, 5.41) is 18.7. The van der Waals surface area contributed by atoms with Gasteiger partial charge in [0.1, 0.15) is 11.1 Å². The number of rotatable bonds is 4. The van der Waals surface area contributed by atoms with Crippen molar-refractivity contribution in [3.05, 3.63) is 23.4 Å². The van der Waals surface area contributed by atoms with Crippen LogP contribution in [0.3, 0.4) is 0 Å². The minimum Gasteiger partial charge on any atom is -0.396 e. The van der Waals surface area contributed by atoms with E-state index < -0.39 is 0 Å². The summed E-state index contributed by atoms with van der Waals surface area (Å²) in [6.45, 7) is 4.09. The maximum Gasteiger partial charge on any atom is 0.114 e. The molecule has 1 aromatic heterocycles. The molecule has 0 aliphatic rings. The topological polar surface area (TPSA) is 56.9 Å². The fourth-order valence-electron chi connectivity index (χ4n) is 1.14. The van der Waals surface area contributed by atoms with Crippen molar-refractivity contribution in [2.75, 3.05) is 6.61 Å². The zero-order valence-electron chi connectivity index (χ0n) is 8.90. The number of aryl methyl sites for hydroxylation is 1. The highest BCUT2D eigenvalue weighted by Crippen LogP contribution is 2.26. The van der Waals surface area contributed by atoms with Crippen LogP contribution in [0.4, 0.5) is 0 Å². The zero-order chi connectivity index (χ0) is 11.3. The van der Waals surface area contributed by atoms with E-state index in [9.17, 15) is 0 Å². The Kier molecular flexibility index (Phi) is 4.60. The van der Waals surface area contributed by atoms with Crippen molar-refractivity contribution < 1.29 is 5.11 Å². The van der Waals surface area contributed by atoms with Crippen LogP contribution in [0, 0.1) is 18.3 Å². The highest BCUT2D eigenvalue weighted by molar-refractivity contribution is 7.99. The summed E-state index contributed by atoms with van der Waals surface area (Å²) in [6, 6.07) is 5.75. The fourth-order valence-corrected chi connectivity index (χ4v) is 2.18. The number of aliphatic hydroxyl groups excluding tert-OH is 1. The number of nitrogens with zero attached hydrogens (tertiary/aromatic N) is 2. The third-order valence-corrected chi connectivity index (χ3v) is 3.14. The van der Waals surface area contributed by atoms with Gasteiger partial charge in [-0.05, 0) is 25.5 Å². The van der Waals surface area contributed by atoms with Gasteiger partial charge >= 0.3 is 0 Å². The van der Waals surface area contributed by atoms with Gasteiger partial charge in [0.05, 0.1) is 5.56 Å². The molecule has 0 amide bonds. The van der Waals surface area contributed by atoms with E-state index in [0.717, 1.165) is 10.7 Å². The van der Waals surface area contributed by atoms with E-state index in [4.69, 9.17) is 10.4 Å². The zero-order valence-corrected chi connectivity index (χ0v) is 9.71. The van der Waals surface area contributed by atoms with Crippen LogP contribution in [0.25, 0.3) is 0 Å². The molecule has 0 spiro atoms.